The molecule has 0 radical (unpaired) electrons. The van der Waals surface area contributed by atoms with E-state index in [1.54, 1.807) is 13.8 Å². The summed E-state index contributed by atoms with van der Waals surface area (Å²) in [5.74, 6) is -0.286. The maximum atomic E-state index is 11.0. The van der Waals surface area contributed by atoms with Gasteiger partial charge < -0.3 is 9.47 Å². The van der Waals surface area contributed by atoms with Crippen molar-refractivity contribution in [3.63, 3.8) is 0 Å². The van der Waals surface area contributed by atoms with Crippen LogP contribution in [0.1, 0.15) is 32.8 Å². The zero-order valence-corrected chi connectivity index (χ0v) is 11.8. The third-order valence-corrected chi connectivity index (χ3v) is 2.09. The lowest BCUT2D eigenvalue weighted by Crippen LogP contribution is -2.06. The molecule has 0 aliphatic heterocycles. The second-order valence-electron chi connectivity index (χ2n) is 3.63. The van der Waals surface area contributed by atoms with Gasteiger partial charge in [-0.05, 0) is 19.4 Å². The fraction of sp³-hybridized carbons (Fsp3) is 0.467. The smallest absolute Gasteiger partial charge is 0.310 e. The van der Waals surface area contributed by atoms with Crippen molar-refractivity contribution >= 4 is 11.9 Å². The van der Waals surface area contributed by atoms with Crippen molar-refractivity contribution in [2.24, 2.45) is 0 Å². The van der Waals surface area contributed by atoms with Crippen LogP contribution in [0, 0.1) is 0 Å². The van der Waals surface area contributed by atoms with Gasteiger partial charge in [-0.1, -0.05) is 37.3 Å². The van der Waals surface area contributed by atoms with E-state index in [2.05, 4.69) is 4.74 Å². The van der Waals surface area contributed by atoms with Crippen LogP contribution in [0.15, 0.2) is 30.3 Å². The molecule has 0 heterocycles. The first-order valence-electron chi connectivity index (χ1n) is 6.49. The van der Waals surface area contributed by atoms with Crippen molar-refractivity contribution in [2.45, 2.75) is 33.6 Å². The van der Waals surface area contributed by atoms with Crippen molar-refractivity contribution in [1.29, 1.82) is 0 Å². The summed E-state index contributed by atoms with van der Waals surface area (Å²) in [5.41, 5.74) is 0.996. The maximum Gasteiger partial charge on any atom is 0.310 e. The Morgan fingerprint density at radius 3 is 1.84 bits per heavy atom. The number of benzene rings is 1. The Kier molecular flexibility index (Phi) is 10.2. The Hall–Kier alpha value is -1.84. The molecule has 0 bridgehead atoms. The van der Waals surface area contributed by atoms with Gasteiger partial charge in [0.15, 0.2) is 0 Å². The van der Waals surface area contributed by atoms with Gasteiger partial charge in [-0.2, -0.15) is 0 Å². The molecule has 1 aromatic rings. The summed E-state index contributed by atoms with van der Waals surface area (Å²) in [5, 5.41) is 0. The molecule has 0 saturated carbocycles. The van der Waals surface area contributed by atoms with Gasteiger partial charge in [-0.15, -0.1) is 0 Å². The van der Waals surface area contributed by atoms with E-state index in [1.807, 2.05) is 37.3 Å². The molecule has 4 nitrogen and oxygen atoms in total. The van der Waals surface area contributed by atoms with Gasteiger partial charge in [0, 0.05) is 6.42 Å². The van der Waals surface area contributed by atoms with E-state index in [0.717, 1.165) is 5.56 Å². The van der Waals surface area contributed by atoms with Gasteiger partial charge in [0.2, 0.25) is 0 Å². The van der Waals surface area contributed by atoms with Crippen LogP contribution in [0.25, 0.3) is 0 Å². The molecule has 19 heavy (non-hydrogen) atoms. The molecule has 0 amide bonds. The standard InChI is InChI=1S/C10H12O2.C5H10O2/c1-2-12-10(11)8-9-6-4-3-5-7-9;1-3-5(6)7-4-2/h3-7H,2,8H2,1H3;3-4H2,1-2H3. The minimum atomic E-state index is -0.163. The highest BCUT2D eigenvalue weighted by Gasteiger charge is 2.01. The predicted molar refractivity (Wildman–Crippen MR) is 73.7 cm³/mol. The highest BCUT2D eigenvalue weighted by Crippen LogP contribution is 2.00. The molecular formula is C15H22O4. The molecule has 1 aromatic carbocycles. The van der Waals surface area contributed by atoms with Crippen molar-refractivity contribution in [2.75, 3.05) is 13.2 Å². The van der Waals surface area contributed by atoms with Gasteiger partial charge in [-0.25, -0.2) is 0 Å². The van der Waals surface area contributed by atoms with E-state index < -0.39 is 0 Å². The monoisotopic (exact) mass is 266 g/mol. The topological polar surface area (TPSA) is 52.6 Å². The third-order valence-electron chi connectivity index (χ3n) is 2.09. The first-order chi connectivity index (χ1) is 9.13. The van der Waals surface area contributed by atoms with E-state index in [1.165, 1.54) is 0 Å². The molecule has 0 N–H and O–H groups in total. The Labute approximate surface area is 114 Å². The minimum Gasteiger partial charge on any atom is -0.466 e. The molecule has 0 aliphatic carbocycles. The van der Waals surface area contributed by atoms with Gasteiger partial charge in [0.1, 0.15) is 0 Å². The lowest BCUT2D eigenvalue weighted by Gasteiger charge is -2.00. The number of esters is 2. The molecule has 0 spiro atoms. The summed E-state index contributed by atoms with van der Waals surface area (Å²) in [4.78, 5) is 21.2. The van der Waals surface area contributed by atoms with Crippen LogP contribution in [-0.4, -0.2) is 25.2 Å². The fourth-order valence-electron chi connectivity index (χ4n) is 1.24. The Bertz CT molecular complexity index is 360. The summed E-state index contributed by atoms with van der Waals surface area (Å²) in [6, 6.07) is 9.58. The number of ether oxygens (including phenoxy) is 2. The van der Waals surface area contributed by atoms with E-state index in [0.29, 0.717) is 26.1 Å². The SMILES string of the molecule is CCOC(=O)CC.CCOC(=O)Cc1ccccc1. The van der Waals surface area contributed by atoms with Crippen molar-refractivity contribution < 1.29 is 19.1 Å². The molecule has 4 heteroatoms. The third kappa shape index (κ3) is 9.83. The molecule has 0 saturated heterocycles. The van der Waals surface area contributed by atoms with Crippen molar-refractivity contribution in [3.05, 3.63) is 35.9 Å². The summed E-state index contributed by atoms with van der Waals surface area (Å²) < 4.78 is 9.36. The highest BCUT2D eigenvalue weighted by atomic mass is 16.5. The van der Waals surface area contributed by atoms with Crippen LogP contribution < -0.4 is 0 Å². The molecule has 0 unspecified atom stereocenters. The van der Waals surface area contributed by atoms with E-state index in [9.17, 15) is 9.59 Å². The molecule has 106 valence electrons. The molecule has 0 aliphatic rings. The Morgan fingerprint density at radius 1 is 0.895 bits per heavy atom. The van der Waals surface area contributed by atoms with Crippen molar-refractivity contribution in [1.82, 2.24) is 0 Å². The van der Waals surface area contributed by atoms with E-state index in [4.69, 9.17) is 4.74 Å². The molecule has 1 rings (SSSR count). The van der Waals surface area contributed by atoms with Crippen LogP contribution in [0.5, 0.6) is 0 Å². The molecular weight excluding hydrogens is 244 g/mol. The van der Waals surface area contributed by atoms with Crippen LogP contribution >= 0.6 is 0 Å². The second-order valence-corrected chi connectivity index (χ2v) is 3.63. The summed E-state index contributed by atoms with van der Waals surface area (Å²) in [6.07, 6.45) is 0.850. The molecule has 0 fully saturated rings. The predicted octanol–water partition coefficient (Wildman–Crippen LogP) is 2.75. The highest BCUT2D eigenvalue weighted by molar-refractivity contribution is 5.72. The molecule has 0 atom stereocenters. The van der Waals surface area contributed by atoms with Crippen LogP contribution in [0.3, 0.4) is 0 Å². The summed E-state index contributed by atoms with van der Waals surface area (Å²) in [7, 11) is 0. The summed E-state index contributed by atoms with van der Waals surface area (Å²) >= 11 is 0. The van der Waals surface area contributed by atoms with E-state index >= 15 is 0 Å². The van der Waals surface area contributed by atoms with Gasteiger partial charge >= 0.3 is 11.9 Å². The molecule has 0 aromatic heterocycles. The largest absolute Gasteiger partial charge is 0.466 e. The zero-order valence-electron chi connectivity index (χ0n) is 11.8. The average Bonchev–Trinajstić information content (AvgIpc) is 2.41. The lowest BCUT2D eigenvalue weighted by atomic mass is 10.2. The maximum absolute atomic E-state index is 11.0. The minimum absolute atomic E-state index is 0.123. The van der Waals surface area contributed by atoms with E-state index in [-0.39, 0.29) is 11.9 Å². The Morgan fingerprint density at radius 2 is 1.42 bits per heavy atom. The second kappa shape index (κ2) is 11.3. The number of hydrogen-bond acceptors (Lipinski definition) is 4. The zero-order chi connectivity index (χ0) is 14.5. The first kappa shape index (κ1) is 17.2. The number of carbonyl (C=O) groups excluding carboxylic acids is 2. The number of rotatable bonds is 5. The normalized spacial score (nSPS) is 9.00. The lowest BCUT2D eigenvalue weighted by molar-refractivity contribution is -0.143. The van der Waals surface area contributed by atoms with Crippen molar-refractivity contribution in [3.8, 4) is 0 Å². The van der Waals surface area contributed by atoms with Crippen LogP contribution in [-0.2, 0) is 25.5 Å². The summed E-state index contributed by atoms with van der Waals surface area (Å²) in [6.45, 7) is 6.33. The van der Waals surface area contributed by atoms with Gasteiger partial charge in [-0.3, -0.25) is 9.59 Å². The van der Waals surface area contributed by atoms with Crippen LogP contribution in [0.2, 0.25) is 0 Å². The Balaban J connectivity index is 0.000000399. The van der Waals surface area contributed by atoms with Crippen LogP contribution in [0.4, 0.5) is 0 Å². The quantitative estimate of drug-likeness (QED) is 0.769. The number of hydrogen-bond donors (Lipinski definition) is 0. The van der Waals surface area contributed by atoms with Gasteiger partial charge in [0.05, 0.1) is 19.6 Å². The number of carbonyl (C=O) groups is 2. The van der Waals surface area contributed by atoms with Gasteiger partial charge in [0.25, 0.3) is 0 Å². The average molecular weight is 266 g/mol. The fourth-order valence-corrected chi connectivity index (χ4v) is 1.24. The first-order valence-corrected chi connectivity index (χ1v) is 6.49.